The first-order chi connectivity index (χ1) is 16.6. The topological polar surface area (TPSA) is 66.0 Å². The fraction of sp³-hybridized carbons (Fsp3) is 0.296. The summed E-state index contributed by atoms with van der Waals surface area (Å²) in [4.78, 5) is 14.9. The zero-order chi connectivity index (χ0) is 23.4. The molecule has 0 saturated carbocycles. The van der Waals surface area contributed by atoms with Crippen LogP contribution in [-0.4, -0.2) is 26.8 Å². The van der Waals surface area contributed by atoms with Crippen LogP contribution in [-0.2, 0) is 4.79 Å². The third-order valence-electron chi connectivity index (χ3n) is 6.98. The van der Waals surface area contributed by atoms with Gasteiger partial charge in [-0.2, -0.15) is 0 Å². The van der Waals surface area contributed by atoms with Gasteiger partial charge < -0.3 is 24.3 Å². The van der Waals surface area contributed by atoms with Gasteiger partial charge in [-0.1, -0.05) is 6.07 Å². The zero-order valence-electron chi connectivity index (χ0n) is 19.3. The number of rotatable bonds is 4. The summed E-state index contributed by atoms with van der Waals surface area (Å²) >= 11 is 1.70. The van der Waals surface area contributed by atoms with Crippen molar-refractivity contribution in [3.05, 3.63) is 74.6 Å². The van der Waals surface area contributed by atoms with Crippen molar-refractivity contribution in [3.63, 3.8) is 0 Å². The third-order valence-corrected chi connectivity index (χ3v) is 8.06. The fourth-order valence-electron chi connectivity index (χ4n) is 5.30. The summed E-state index contributed by atoms with van der Waals surface area (Å²) in [6.45, 7) is 2.33. The maximum Gasteiger partial charge on any atom is 0.231 e. The summed E-state index contributed by atoms with van der Waals surface area (Å²) in [6.07, 6.45) is 1.20. The number of hydrogen-bond donors (Lipinski definition) is 1. The Morgan fingerprint density at radius 2 is 1.79 bits per heavy atom. The van der Waals surface area contributed by atoms with E-state index in [1.54, 1.807) is 25.6 Å². The number of nitrogens with one attached hydrogen (secondary N) is 1. The molecule has 0 radical (unpaired) electrons. The average Bonchev–Trinajstić information content (AvgIpc) is 3.48. The van der Waals surface area contributed by atoms with Gasteiger partial charge in [0.05, 0.1) is 20.1 Å². The minimum Gasteiger partial charge on any atom is -0.493 e. The smallest absolute Gasteiger partial charge is 0.231 e. The predicted molar refractivity (Wildman–Crippen MR) is 131 cm³/mol. The molecule has 2 atom stereocenters. The minimum absolute atomic E-state index is 0.0548. The first-order valence-corrected chi connectivity index (χ1v) is 12.2. The van der Waals surface area contributed by atoms with E-state index in [0.717, 1.165) is 46.0 Å². The van der Waals surface area contributed by atoms with Gasteiger partial charge in [-0.15, -0.1) is 11.3 Å². The molecule has 2 aromatic carbocycles. The maximum atomic E-state index is 13.7. The molecule has 0 fully saturated rings. The standard InChI is InChI=1S/C27H25NO5S/c1-14-6-7-34-27(14)25-17-11-23-24(33-13-32-23)12-18(17)28-19-8-16(9-20(29)26(19)25)15-4-5-21(30-2)22(10-15)31-3/h4-7,10-12,16,25,28H,8-9,13H2,1-3H3. The highest BCUT2D eigenvalue weighted by molar-refractivity contribution is 7.10. The van der Waals surface area contributed by atoms with Crippen LogP contribution in [0.4, 0.5) is 5.69 Å². The number of aryl methyl sites for hydroxylation is 1. The van der Waals surface area contributed by atoms with E-state index in [9.17, 15) is 4.79 Å². The van der Waals surface area contributed by atoms with Gasteiger partial charge >= 0.3 is 0 Å². The molecule has 3 aliphatic rings. The molecule has 0 saturated heterocycles. The average molecular weight is 476 g/mol. The van der Waals surface area contributed by atoms with Crippen LogP contribution in [0.5, 0.6) is 23.0 Å². The Hall–Kier alpha value is -3.45. The molecule has 34 heavy (non-hydrogen) atoms. The number of ether oxygens (including phenoxy) is 4. The number of thiophene rings is 1. The fourth-order valence-corrected chi connectivity index (χ4v) is 6.36. The summed E-state index contributed by atoms with van der Waals surface area (Å²) in [5.74, 6) is 2.94. The molecule has 7 heteroatoms. The zero-order valence-corrected chi connectivity index (χ0v) is 20.1. The molecule has 0 amide bonds. The van der Waals surface area contributed by atoms with Crippen LogP contribution in [0.15, 0.2) is 53.0 Å². The molecule has 6 nitrogen and oxygen atoms in total. The van der Waals surface area contributed by atoms with Gasteiger partial charge in [-0.05, 0) is 65.6 Å². The van der Waals surface area contributed by atoms with Gasteiger partial charge in [0.1, 0.15) is 0 Å². The van der Waals surface area contributed by atoms with Crippen molar-refractivity contribution < 1.29 is 23.7 Å². The number of anilines is 1. The molecule has 174 valence electrons. The van der Waals surface area contributed by atoms with Crippen molar-refractivity contribution in [1.29, 1.82) is 0 Å². The van der Waals surface area contributed by atoms with Crippen LogP contribution < -0.4 is 24.3 Å². The number of methoxy groups -OCH3 is 2. The number of benzene rings is 2. The van der Waals surface area contributed by atoms with Crippen molar-refractivity contribution in [2.45, 2.75) is 31.6 Å². The second-order valence-electron chi connectivity index (χ2n) is 8.85. The van der Waals surface area contributed by atoms with E-state index < -0.39 is 0 Å². The van der Waals surface area contributed by atoms with E-state index >= 15 is 0 Å². The van der Waals surface area contributed by atoms with E-state index in [1.807, 2.05) is 30.3 Å². The first kappa shape index (κ1) is 21.1. The number of Topliss-reactive ketones (excluding diaryl/α,β-unsaturated/α-hetero) is 1. The van der Waals surface area contributed by atoms with Crippen LogP contribution in [0.3, 0.4) is 0 Å². The summed E-state index contributed by atoms with van der Waals surface area (Å²) in [6, 6.07) is 12.1. The highest BCUT2D eigenvalue weighted by Crippen LogP contribution is 2.52. The summed E-state index contributed by atoms with van der Waals surface area (Å²) in [5.41, 5.74) is 6.16. The number of allylic oxidation sites excluding steroid dienone is 2. The second kappa shape index (κ2) is 8.09. The van der Waals surface area contributed by atoms with Gasteiger partial charge in [-0.25, -0.2) is 0 Å². The van der Waals surface area contributed by atoms with E-state index in [2.05, 4.69) is 23.7 Å². The Bertz CT molecular complexity index is 1340. The molecule has 1 aromatic heterocycles. The Morgan fingerprint density at radius 3 is 2.53 bits per heavy atom. The lowest BCUT2D eigenvalue weighted by molar-refractivity contribution is -0.116. The third kappa shape index (κ3) is 3.26. The van der Waals surface area contributed by atoms with Crippen LogP contribution in [0.2, 0.25) is 0 Å². The SMILES string of the molecule is COc1ccc(C2CC(=O)C3=C(C2)Nc2cc4c(cc2C3c2sccc2C)OCO4)cc1OC. The molecule has 6 rings (SSSR count). The van der Waals surface area contributed by atoms with Gasteiger partial charge in [0.25, 0.3) is 0 Å². The number of ketones is 1. The minimum atomic E-state index is -0.111. The molecule has 2 unspecified atom stereocenters. The lowest BCUT2D eigenvalue weighted by Crippen LogP contribution is -2.29. The Morgan fingerprint density at radius 1 is 1.00 bits per heavy atom. The van der Waals surface area contributed by atoms with Crippen molar-refractivity contribution >= 4 is 22.8 Å². The molecule has 2 aliphatic heterocycles. The quantitative estimate of drug-likeness (QED) is 0.518. The first-order valence-electron chi connectivity index (χ1n) is 11.3. The Balaban J connectivity index is 1.45. The maximum absolute atomic E-state index is 13.7. The van der Waals surface area contributed by atoms with Crippen molar-refractivity contribution in [3.8, 4) is 23.0 Å². The Labute approximate surface area is 202 Å². The number of fused-ring (bicyclic) bond motifs is 2. The van der Waals surface area contributed by atoms with Gasteiger partial charge in [0, 0.05) is 34.3 Å². The largest absolute Gasteiger partial charge is 0.493 e. The van der Waals surface area contributed by atoms with E-state index in [-0.39, 0.29) is 24.4 Å². The molecule has 1 aliphatic carbocycles. The molecular formula is C27H25NO5S. The normalized spacial score (nSPS) is 20.5. The molecule has 3 heterocycles. The van der Waals surface area contributed by atoms with Gasteiger partial charge in [0.2, 0.25) is 6.79 Å². The van der Waals surface area contributed by atoms with Gasteiger partial charge in [-0.3, -0.25) is 4.79 Å². The van der Waals surface area contributed by atoms with Crippen molar-refractivity contribution in [2.24, 2.45) is 0 Å². The Kier molecular flexibility index (Phi) is 5.03. The lowest BCUT2D eigenvalue weighted by atomic mass is 9.73. The summed E-state index contributed by atoms with van der Waals surface area (Å²) < 4.78 is 22.2. The van der Waals surface area contributed by atoms with Crippen LogP contribution in [0, 0.1) is 6.92 Å². The van der Waals surface area contributed by atoms with Crippen LogP contribution in [0.25, 0.3) is 0 Å². The highest BCUT2D eigenvalue weighted by atomic mass is 32.1. The highest BCUT2D eigenvalue weighted by Gasteiger charge is 2.40. The number of carbonyl (C=O) groups excluding carboxylic acids is 1. The van der Waals surface area contributed by atoms with Crippen molar-refractivity contribution in [1.82, 2.24) is 0 Å². The van der Waals surface area contributed by atoms with E-state index in [1.165, 1.54) is 10.4 Å². The molecule has 0 bridgehead atoms. The second-order valence-corrected chi connectivity index (χ2v) is 9.80. The van der Waals surface area contributed by atoms with Crippen LogP contribution in [0.1, 0.15) is 46.2 Å². The summed E-state index contributed by atoms with van der Waals surface area (Å²) in [7, 11) is 3.26. The van der Waals surface area contributed by atoms with E-state index in [0.29, 0.717) is 17.9 Å². The molecule has 3 aromatic rings. The summed E-state index contributed by atoms with van der Waals surface area (Å²) in [5, 5.41) is 5.69. The predicted octanol–water partition coefficient (Wildman–Crippen LogP) is 5.76. The van der Waals surface area contributed by atoms with E-state index in [4.69, 9.17) is 18.9 Å². The number of carbonyl (C=O) groups is 1. The molecule has 0 spiro atoms. The molecular weight excluding hydrogens is 450 g/mol. The van der Waals surface area contributed by atoms with Gasteiger partial charge in [0.15, 0.2) is 28.8 Å². The monoisotopic (exact) mass is 475 g/mol. The lowest BCUT2D eigenvalue weighted by Gasteiger charge is -2.36. The molecule has 1 N–H and O–H groups in total. The van der Waals surface area contributed by atoms with Crippen LogP contribution >= 0.6 is 11.3 Å². The van der Waals surface area contributed by atoms with Crippen molar-refractivity contribution in [2.75, 3.05) is 26.3 Å². The number of hydrogen-bond acceptors (Lipinski definition) is 7.